The molecule has 0 saturated carbocycles. The highest BCUT2D eigenvalue weighted by molar-refractivity contribution is 5.47. The number of hydrogen-bond donors (Lipinski definition) is 2. The maximum absolute atomic E-state index is 5.43. The Bertz CT molecular complexity index is 315. The molecule has 1 unspecified atom stereocenters. The zero-order chi connectivity index (χ0) is 11.9. The Balaban J connectivity index is 1.88. The van der Waals surface area contributed by atoms with Crippen molar-refractivity contribution in [2.24, 2.45) is 0 Å². The van der Waals surface area contributed by atoms with Gasteiger partial charge in [-0.15, -0.1) is 0 Å². The molecular formula is C14H22N2O. The Morgan fingerprint density at radius 1 is 1.24 bits per heavy atom. The fraction of sp³-hybridized carbons (Fsp3) is 0.571. The number of anilines is 1. The van der Waals surface area contributed by atoms with E-state index in [0.717, 1.165) is 25.4 Å². The lowest BCUT2D eigenvalue weighted by Crippen LogP contribution is -2.21. The Morgan fingerprint density at radius 3 is 2.82 bits per heavy atom. The topological polar surface area (TPSA) is 33.3 Å². The lowest BCUT2D eigenvalue weighted by molar-refractivity contribution is 0.340. The van der Waals surface area contributed by atoms with Crippen molar-refractivity contribution in [3.8, 4) is 5.75 Å². The van der Waals surface area contributed by atoms with Crippen LogP contribution in [0.5, 0.6) is 5.75 Å². The predicted molar refractivity (Wildman–Crippen MR) is 71.7 cm³/mol. The fourth-order valence-electron chi connectivity index (χ4n) is 2.21. The van der Waals surface area contributed by atoms with Gasteiger partial charge in [0, 0.05) is 11.7 Å². The summed E-state index contributed by atoms with van der Waals surface area (Å²) in [6.07, 6.45) is 3.71. The first kappa shape index (κ1) is 12.2. The molecule has 0 bridgehead atoms. The van der Waals surface area contributed by atoms with E-state index in [0.29, 0.717) is 6.04 Å². The van der Waals surface area contributed by atoms with Crippen molar-refractivity contribution < 1.29 is 4.74 Å². The molecular weight excluding hydrogens is 212 g/mol. The van der Waals surface area contributed by atoms with Crippen LogP contribution >= 0.6 is 0 Å². The number of hydrogen-bond acceptors (Lipinski definition) is 3. The maximum atomic E-state index is 5.43. The van der Waals surface area contributed by atoms with Crippen LogP contribution in [0.3, 0.4) is 0 Å². The van der Waals surface area contributed by atoms with E-state index >= 15 is 0 Å². The van der Waals surface area contributed by atoms with Crippen molar-refractivity contribution in [2.75, 3.05) is 25.0 Å². The minimum Gasteiger partial charge on any atom is -0.494 e. The molecule has 94 valence electrons. The smallest absolute Gasteiger partial charge is 0.119 e. The molecule has 3 nitrogen and oxygen atoms in total. The van der Waals surface area contributed by atoms with E-state index < -0.39 is 0 Å². The third-order valence-corrected chi connectivity index (χ3v) is 3.11. The quantitative estimate of drug-likeness (QED) is 0.840. The average molecular weight is 234 g/mol. The third-order valence-electron chi connectivity index (χ3n) is 3.11. The van der Waals surface area contributed by atoms with Gasteiger partial charge in [0.05, 0.1) is 6.61 Å². The van der Waals surface area contributed by atoms with Gasteiger partial charge in [-0.3, -0.25) is 0 Å². The van der Waals surface area contributed by atoms with Gasteiger partial charge in [-0.25, -0.2) is 0 Å². The zero-order valence-corrected chi connectivity index (χ0v) is 10.5. The number of ether oxygens (including phenoxy) is 1. The van der Waals surface area contributed by atoms with Crippen LogP contribution in [-0.2, 0) is 0 Å². The molecule has 2 N–H and O–H groups in total. The standard InChI is InChI=1S/C14H22N2O/c1-2-17-14-7-5-13(6-8-14)16-12-4-3-10-15-11-9-12/h5-8,12,15-16H,2-4,9-11H2,1H3. The molecule has 1 aromatic carbocycles. The van der Waals surface area contributed by atoms with Gasteiger partial charge >= 0.3 is 0 Å². The second kappa shape index (κ2) is 6.50. The van der Waals surface area contributed by atoms with Crippen molar-refractivity contribution in [1.82, 2.24) is 5.32 Å². The Kier molecular flexibility index (Phi) is 4.68. The highest BCUT2D eigenvalue weighted by Gasteiger charge is 2.11. The Labute approximate surface area is 104 Å². The average Bonchev–Trinajstić information content (AvgIpc) is 2.61. The van der Waals surface area contributed by atoms with Crippen LogP contribution in [0, 0.1) is 0 Å². The summed E-state index contributed by atoms with van der Waals surface area (Å²) in [5.41, 5.74) is 1.19. The van der Waals surface area contributed by atoms with Crippen molar-refractivity contribution in [2.45, 2.75) is 32.2 Å². The molecule has 1 heterocycles. The molecule has 17 heavy (non-hydrogen) atoms. The number of rotatable bonds is 4. The van der Waals surface area contributed by atoms with Crippen molar-refractivity contribution in [1.29, 1.82) is 0 Å². The first-order chi connectivity index (χ1) is 8.38. The van der Waals surface area contributed by atoms with Crippen molar-refractivity contribution in [3.63, 3.8) is 0 Å². The van der Waals surface area contributed by atoms with Gasteiger partial charge in [-0.05, 0) is 63.5 Å². The van der Waals surface area contributed by atoms with Crippen LogP contribution < -0.4 is 15.4 Å². The summed E-state index contributed by atoms with van der Waals surface area (Å²) < 4.78 is 5.43. The number of nitrogens with one attached hydrogen (secondary N) is 2. The van der Waals surface area contributed by atoms with Gasteiger partial charge in [0.1, 0.15) is 5.75 Å². The normalized spacial score (nSPS) is 20.6. The highest BCUT2D eigenvalue weighted by atomic mass is 16.5. The van der Waals surface area contributed by atoms with E-state index in [4.69, 9.17) is 4.74 Å². The molecule has 1 fully saturated rings. The van der Waals surface area contributed by atoms with E-state index in [1.54, 1.807) is 0 Å². The summed E-state index contributed by atoms with van der Waals surface area (Å²) in [7, 11) is 0. The molecule has 3 heteroatoms. The molecule has 1 saturated heterocycles. The molecule has 2 rings (SSSR count). The summed E-state index contributed by atoms with van der Waals surface area (Å²) in [4.78, 5) is 0. The van der Waals surface area contributed by atoms with Crippen LogP contribution in [0.1, 0.15) is 26.2 Å². The fourth-order valence-corrected chi connectivity index (χ4v) is 2.21. The van der Waals surface area contributed by atoms with Crippen molar-refractivity contribution >= 4 is 5.69 Å². The van der Waals surface area contributed by atoms with E-state index in [-0.39, 0.29) is 0 Å². The predicted octanol–water partition coefficient (Wildman–Crippen LogP) is 2.64. The molecule has 0 aromatic heterocycles. The molecule has 0 radical (unpaired) electrons. The van der Waals surface area contributed by atoms with Crippen LogP contribution in [0.25, 0.3) is 0 Å². The molecule has 0 amide bonds. The van der Waals surface area contributed by atoms with Crippen molar-refractivity contribution in [3.05, 3.63) is 24.3 Å². The van der Waals surface area contributed by atoms with E-state index in [1.807, 2.05) is 19.1 Å². The molecule has 1 atom stereocenters. The minimum absolute atomic E-state index is 0.600. The van der Waals surface area contributed by atoms with Crippen LogP contribution in [0.2, 0.25) is 0 Å². The molecule has 1 aromatic rings. The van der Waals surface area contributed by atoms with Gasteiger partial charge in [-0.1, -0.05) is 0 Å². The molecule has 1 aliphatic rings. The number of benzene rings is 1. The van der Waals surface area contributed by atoms with Crippen LogP contribution in [-0.4, -0.2) is 25.7 Å². The lowest BCUT2D eigenvalue weighted by Gasteiger charge is -2.17. The monoisotopic (exact) mass is 234 g/mol. The van der Waals surface area contributed by atoms with Crippen LogP contribution in [0.15, 0.2) is 24.3 Å². The van der Waals surface area contributed by atoms with Gasteiger partial charge in [0.2, 0.25) is 0 Å². The summed E-state index contributed by atoms with van der Waals surface area (Å²) in [6.45, 7) is 5.00. The summed E-state index contributed by atoms with van der Waals surface area (Å²) in [5, 5.41) is 7.02. The van der Waals surface area contributed by atoms with Gasteiger partial charge in [-0.2, -0.15) is 0 Å². The first-order valence-corrected chi connectivity index (χ1v) is 6.58. The zero-order valence-electron chi connectivity index (χ0n) is 10.5. The first-order valence-electron chi connectivity index (χ1n) is 6.58. The van der Waals surface area contributed by atoms with E-state index in [2.05, 4.69) is 22.8 Å². The van der Waals surface area contributed by atoms with Gasteiger partial charge < -0.3 is 15.4 Å². The maximum Gasteiger partial charge on any atom is 0.119 e. The Hall–Kier alpha value is -1.22. The molecule has 0 aliphatic carbocycles. The molecule has 1 aliphatic heterocycles. The molecule has 0 spiro atoms. The second-order valence-electron chi connectivity index (χ2n) is 4.48. The second-order valence-corrected chi connectivity index (χ2v) is 4.48. The summed E-state index contributed by atoms with van der Waals surface area (Å²) in [5.74, 6) is 0.945. The van der Waals surface area contributed by atoms with Gasteiger partial charge in [0.15, 0.2) is 0 Å². The Morgan fingerprint density at radius 2 is 2.06 bits per heavy atom. The summed E-state index contributed by atoms with van der Waals surface area (Å²) >= 11 is 0. The third kappa shape index (κ3) is 3.93. The summed E-state index contributed by atoms with van der Waals surface area (Å²) in [6, 6.07) is 8.86. The highest BCUT2D eigenvalue weighted by Crippen LogP contribution is 2.18. The van der Waals surface area contributed by atoms with Crippen LogP contribution in [0.4, 0.5) is 5.69 Å². The van der Waals surface area contributed by atoms with Gasteiger partial charge in [0.25, 0.3) is 0 Å². The van der Waals surface area contributed by atoms with E-state index in [9.17, 15) is 0 Å². The van der Waals surface area contributed by atoms with E-state index in [1.165, 1.54) is 24.9 Å². The largest absolute Gasteiger partial charge is 0.494 e. The minimum atomic E-state index is 0.600. The lowest BCUT2D eigenvalue weighted by atomic mass is 10.1. The SMILES string of the molecule is CCOc1ccc(NC2CCCNCC2)cc1.